The number of hydrogen-bond donors (Lipinski definition) is 4. The Bertz CT molecular complexity index is 132. The molecule has 4 atom stereocenters. The number of ether oxygens (including phenoxy) is 1. The van der Waals surface area contributed by atoms with E-state index in [2.05, 4.69) is 4.74 Å². The van der Waals surface area contributed by atoms with Crippen LogP contribution in [-0.2, 0) is 4.74 Å². The Kier molecular flexibility index (Phi) is 4.49. The molecule has 0 rings (SSSR count). The van der Waals surface area contributed by atoms with E-state index in [1.807, 2.05) is 0 Å². The largest absolute Gasteiger partial charge is 0.394 e. The van der Waals surface area contributed by atoms with E-state index in [1.165, 1.54) is 6.92 Å². The average Bonchev–Trinajstić information content (AvgIpc) is 2.11. The Labute approximate surface area is 72.6 Å². The van der Waals surface area contributed by atoms with Gasteiger partial charge in [-0.15, -0.1) is 0 Å². The zero-order chi connectivity index (χ0) is 10.4. The van der Waals surface area contributed by atoms with Gasteiger partial charge in [-0.1, -0.05) is 0 Å². The highest BCUT2D eigenvalue weighted by molar-refractivity contribution is 4.79. The Hall–Kier alpha value is -0.200. The summed E-state index contributed by atoms with van der Waals surface area (Å²) < 4.78 is 11.4. The second kappa shape index (κ2) is 5.45. The lowest BCUT2D eigenvalue weighted by atomic mass is 10.0. The summed E-state index contributed by atoms with van der Waals surface area (Å²) in [6.45, 7) is 0.740. The van der Waals surface area contributed by atoms with Crippen molar-refractivity contribution < 1.29 is 26.5 Å². The molecule has 5 nitrogen and oxygen atoms in total. The third kappa shape index (κ3) is 3.04. The van der Waals surface area contributed by atoms with Crippen molar-refractivity contribution in [1.29, 1.82) is 0 Å². The molecule has 0 aliphatic carbocycles. The molecule has 0 unspecified atom stereocenters. The van der Waals surface area contributed by atoms with Crippen molar-refractivity contribution in [2.24, 2.45) is 0 Å². The molecule has 0 radical (unpaired) electrons. The molecule has 0 spiro atoms. The molecule has 0 heterocycles. The molecular weight excluding hydrogens is 164 g/mol. The second-order valence-corrected chi connectivity index (χ2v) is 2.61. The summed E-state index contributed by atoms with van der Waals surface area (Å²) in [4.78, 5) is 0. The monoisotopic (exact) mass is 181 g/mol. The first-order valence-corrected chi connectivity index (χ1v) is 3.60. The Morgan fingerprint density at radius 1 is 1.42 bits per heavy atom. The molecule has 0 bridgehead atoms. The van der Waals surface area contributed by atoms with Gasteiger partial charge in [0.2, 0.25) is 0 Å². The molecule has 74 valence electrons. The third-order valence-corrected chi connectivity index (χ3v) is 1.59. The van der Waals surface area contributed by atoms with Gasteiger partial charge in [-0.3, -0.25) is 0 Å². The fraction of sp³-hybridized carbons (Fsp3) is 1.00. The summed E-state index contributed by atoms with van der Waals surface area (Å²) in [5.41, 5.74) is 0. The van der Waals surface area contributed by atoms with Gasteiger partial charge in [0, 0.05) is 7.09 Å². The number of hydrogen-bond acceptors (Lipinski definition) is 5. The van der Waals surface area contributed by atoms with E-state index in [1.54, 1.807) is 0 Å². The predicted octanol–water partition coefficient (Wildman–Crippen LogP) is -1.90. The van der Waals surface area contributed by atoms with Crippen LogP contribution in [0.15, 0.2) is 0 Å². The zero-order valence-electron chi connectivity index (χ0n) is 7.92. The van der Waals surface area contributed by atoms with Gasteiger partial charge in [0.1, 0.15) is 18.3 Å². The van der Waals surface area contributed by atoms with Crippen LogP contribution in [0, 0.1) is 0 Å². The summed E-state index contributed by atoms with van der Waals surface area (Å²) in [6, 6.07) is 0. The molecule has 0 saturated carbocycles. The van der Waals surface area contributed by atoms with Crippen LogP contribution in [0.5, 0.6) is 0 Å². The van der Waals surface area contributed by atoms with Gasteiger partial charge in [0.25, 0.3) is 0 Å². The molecule has 0 aromatic heterocycles. The molecule has 0 aromatic carbocycles. The summed E-state index contributed by atoms with van der Waals surface area (Å²) in [5.74, 6) is 0. The Balaban J connectivity index is 4.22. The van der Waals surface area contributed by atoms with Crippen LogP contribution in [0.2, 0.25) is 0 Å². The van der Waals surface area contributed by atoms with Crippen molar-refractivity contribution in [2.45, 2.75) is 31.3 Å². The highest BCUT2D eigenvalue weighted by atomic mass is 16.5. The van der Waals surface area contributed by atoms with Crippen LogP contribution in [0.25, 0.3) is 0 Å². The van der Waals surface area contributed by atoms with Gasteiger partial charge in [-0.2, -0.15) is 0 Å². The second-order valence-electron chi connectivity index (χ2n) is 2.61. The van der Waals surface area contributed by atoms with Gasteiger partial charge >= 0.3 is 0 Å². The molecule has 5 heteroatoms. The van der Waals surface area contributed by atoms with Crippen LogP contribution in [0.3, 0.4) is 0 Å². The Morgan fingerprint density at radius 3 is 2.33 bits per heavy atom. The summed E-state index contributed by atoms with van der Waals surface area (Å²) in [6.07, 6.45) is -4.83. The van der Waals surface area contributed by atoms with Crippen LogP contribution in [0.1, 0.15) is 8.29 Å². The first kappa shape index (κ1) is 9.88. The minimum absolute atomic E-state index is 0.453. The van der Waals surface area contributed by atoms with Crippen LogP contribution in [0.4, 0.5) is 0 Å². The third-order valence-electron chi connectivity index (χ3n) is 1.59. The van der Waals surface area contributed by atoms with E-state index in [0.717, 1.165) is 0 Å². The molecule has 0 fully saturated rings. The van der Waals surface area contributed by atoms with Crippen molar-refractivity contribution in [3.8, 4) is 0 Å². The van der Waals surface area contributed by atoms with E-state index in [0.29, 0.717) is 0 Å². The lowest BCUT2D eigenvalue weighted by Gasteiger charge is -2.26. The molecule has 0 saturated heterocycles. The highest BCUT2D eigenvalue weighted by Gasteiger charge is 2.29. The molecule has 12 heavy (non-hydrogen) atoms. The Morgan fingerprint density at radius 2 is 2.00 bits per heavy atom. The van der Waals surface area contributed by atoms with Gasteiger partial charge in [-0.25, -0.2) is 0 Å². The average molecular weight is 181 g/mol. The lowest BCUT2D eigenvalue weighted by Crippen LogP contribution is -2.46. The first-order valence-electron chi connectivity index (χ1n) is 4.31. The smallest absolute Gasteiger partial charge is 0.114 e. The van der Waals surface area contributed by atoms with Crippen molar-refractivity contribution in [3.63, 3.8) is 0 Å². The van der Waals surface area contributed by atoms with Crippen molar-refractivity contribution in [1.82, 2.24) is 0 Å². The van der Waals surface area contributed by atoms with Crippen LogP contribution in [-0.4, -0.2) is 58.5 Å². The van der Waals surface area contributed by atoms with E-state index < -0.39 is 38.1 Å². The fourth-order valence-electron chi connectivity index (χ4n) is 0.816. The SMILES string of the molecule is [2H]CO[C@H]([C@H](O)[C@H](C)O)[C@H](O)CO. The summed E-state index contributed by atoms with van der Waals surface area (Å²) in [7, 11) is -0.453. The first-order chi connectivity index (χ1) is 6.04. The van der Waals surface area contributed by atoms with Crippen LogP contribution < -0.4 is 0 Å². The van der Waals surface area contributed by atoms with Gasteiger partial charge in [-0.05, 0) is 6.92 Å². The predicted molar refractivity (Wildman–Crippen MR) is 41.6 cm³/mol. The highest BCUT2D eigenvalue weighted by Crippen LogP contribution is 2.07. The fourth-order valence-corrected chi connectivity index (χ4v) is 0.816. The number of aliphatic hydroxyl groups is 4. The molecule has 0 amide bonds. The normalized spacial score (nSPS) is 22.6. The zero-order valence-corrected chi connectivity index (χ0v) is 6.92. The van der Waals surface area contributed by atoms with Crippen molar-refractivity contribution in [3.05, 3.63) is 0 Å². The standard InChI is InChI=1S/C7H16O5/c1-4(9)6(11)7(12-2)5(10)3-8/h4-11H,3H2,1-2H3/t4-,5+,6+,7-/m0/s1/i2D. The maximum absolute atomic E-state index is 9.29. The summed E-state index contributed by atoms with van der Waals surface area (Å²) in [5, 5.41) is 36.0. The van der Waals surface area contributed by atoms with Gasteiger partial charge in [0.05, 0.1) is 14.1 Å². The van der Waals surface area contributed by atoms with E-state index in [-0.39, 0.29) is 0 Å². The topological polar surface area (TPSA) is 90.2 Å². The molecular formula is C7H16O5. The molecule has 0 aliphatic rings. The number of aliphatic hydroxyl groups excluding tert-OH is 4. The summed E-state index contributed by atoms with van der Waals surface area (Å²) >= 11 is 0. The minimum atomic E-state index is -1.31. The van der Waals surface area contributed by atoms with E-state index >= 15 is 0 Å². The van der Waals surface area contributed by atoms with Gasteiger partial charge in [0.15, 0.2) is 0 Å². The number of rotatable bonds is 5. The van der Waals surface area contributed by atoms with E-state index in [9.17, 15) is 5.11 Å². The quantitative estimate of drug-likeness (QED) is 0.397. The maximum Gasteiger partial charge on any atom is 0.114 e. The lowest BCUT2D eigenvalue weighted by molar-refractivity contribution is -0.126. The molecule has 0 aromatic rings. The van der Waals surface area contributed by atoms with Crippen molar-refractivity contribution in [2.75, 3.05) is 13.7 Å². The maximum atomic E-state index is 9.29. The minimum Gasteiger partial charge on any atom is -0.394 e. The number of methoxy groups -OCH3 is 1. The van der Waals surface area contributed by atoms with Crippen molar-refractivity contribution >= 4 is 0 Å². The van der Waals surface area contributed by atoms with E-state index in [4.69, 9.17) is 16.7 Å². The van der Waals surface area contributed by atoms with Gasteiger partial charge < -0.3 is 25.2 Å². The molecule has 4 N–H and O–H groups in total. The van der Waals surface area contributed by atoms with Crippen LogP contribution >= 0.6 is 0 Å². The molecule has 0 aliphatic heterocycles.